The van der Waals surface area contributed by atoms with Gasteiger partial charge in [0.05, 0.1) is 17.3 Å². The van der Waals surface area contributed by atoms with Crippen molar-refractivity contribution in [3.63, 3.8) is 0 Å². The van der Waals surface area contributed by atoms with Crippen molar-refractivity contribution in [2.45, 2.75) is 19.6 Å². The van der Waals surface area contributed by atoms with Gasteiger partial charge in [-0.05, 0) is 19.1 Å². The van der Waals surface area contributed by atoms with Crippen molar-refractivity contribution in [1.29, 1.82) is 0 Å². The molecule has 5 nitrogen and oxygen atoms in total. The van der Waals surface area contributed by atoms with Crippen LogP contribution in [0.2, 0.25) is 5.02 Å². The molecule has 0 aliphatic carbocycles. The minimum Gasteiger partial charge on any atom is -0.375 e. The Morgan fingerprint density at radius 2 is 2.33 bits per heavy atom. The van der Waals surface area contributed by atoms with Crippen LogP contribution in [-0.4, -0.2) is 34.9 Å². The van der Waals surface area contributed by atoms with E-state index in [1.165, 1.54) is 11.3 Å². The molecule has 1 unspecified atom stereocenters. The lowest BCUT2D eigenvalue weighted by atomic mass is 10.3. The first kappa shape index (κ1) is 15.9. The highest BCUT2D eigenvalue weighted by Crippen LogP contribution is 2.21. The fourth-order valence-corrected chi connectivity index (χ4v) is 2.77. The minimum absolute atomic E-state index is 0.0463. The molecule has 112 valence electrons. The van der Waals surface area contributed by atoms with Crippen molar-refractivity contribution in [3.8, 4) is 0 Å². The first-order valence-corrected chi connectivity index (χ1v) is 7.61. The largest absolute Gasteiger partial charge is 0.375 e. The van der Waals surface area contributed by atoms with Crippen molar-refractivity contribution in [1.82, 2.24) is 14.9 Å². The number of carbonyl (C=O) groups excluding carboxylic acids is 1. The molecule has 0 spiro atoms. The SMILES string of the molecule is COC(C)c1nc(CN(C)C(=O)c2ncccc2Cl)cs1. The summed E-state index contributed by atoms with van der Waals surface area (Å²) >= 11 is 7.51. The molecule has 0 N–H and O–H groups in total. The van der Waals surface area contributed by atoms with Gasteiger partial charge in [0, 0.05) is 25.7 Å². The van der Waals surface area contributed by atoms with Gasteiger partial charge in [0.25, 0.3) is 5.91 Å². The van der Waals surface area contributed by atoms with Crippen molar-refractivity contribution < 1.29 is 9.53 Å². The smallest absolute Gasteiger partial charge is 0.274 e. The third-order valence-electron chi connectivity index (χ3n) is 2.98. The lowest BCUT2D eigenvalue weighted by molar-refractivity contribution is 0.0777. The number of halogens is 1. The number of pyridine rings is 1. The average molecular weight is 326 g/mol. The molecule has 7 heteroatoms. The summed E-state index contributed by atoms with van der Waals surface area (Å²) in [5, 5.41) is 3.17. The molecule has 0 saturated heterocycles. The molecule has 21 heavy (non-hydrogen) atoms. The van der Waals surface area contributed by atoms with E-state index in [1.807, 2.05) is 12.3 Å². The zero-order valence-corrected chi connectivity index (χ0v) is 13.6. The molecular formula is C14H16ClN3O2S. The molecule has 0 radical (unpaired) electrons. The molecule has 0 saturated carbocycles. The Labute approximate surface area is 132 Å². The van der Waals surface area contributed by atoms with Gasteiger partial charge in [-0.3, -0.25) is 4.79 Å². The molecule has 0 aromatic carbocycles. The third-order valence-corrected chi connectivity index (χ3v) is 4.34. The molecule has 2 aromatic rings. The van der Waals surface area contributed by atoms with E-state index >= 15 is 0 Å². The van der Waals surface area contributed by atoms with Gasteiger partial charge >= 0.3 is 0 Å². The Morgan fingerprint density at radius 3 is 3.00 bits per heavy atom. The van der Waals surface area contributed by atoms with E-state index in [9.17, 15) is 4.79 Å². The lowest BCUT2D eigenvalue weighted by Gasteiger charge is -2.15. The van der Waals surface area contributed by atoms with E-state index in [0.29, 0.717) is 11.6 Å². The fourth-order valence-electron chi connectivity index (χ4n) is 1.72. The van der Waals surface area contributed by atoms with E-state index in [4.69, 9.17) is 16.3 Å². The van der Waals surface area contributed by atoms with Crippen LogP contribution >= 0.6 is 22.9 Å². The summed E-state index contributed by atoms with van der Waals surface area (Å²) in [6.45, 7) is 2.34. The van der Waals surface area contributed by atoms with Crippen LogP contribution in [0.1, 0.15) is 34.2 Å². The normalized spacial score (nSPS) is 12.2. The Balaban J connectivity index is 2.07. The molecule has 0 fully saturated rings. The van der Waals surface area contributed by atoms with Gasteiger partial charge < -0.3 is 9.64 Å². The average Bonchev–Trinajstić information content (AvgIpc) is 2.94. The zero-order chi connectivity index (χ0) is 15.4. The van der Waals surface area contributed by atoms with Gasteiger partial charge in [-0.1, -0.05) is 11.6 Å². The molecule has 1 atom stereocenters. The summed E-state index contributed by atoms with van der Waals surface area (Å²) in [6, 6.07) is 3.34. The summed E-state index contributed by atoms with van der Waals surface area (Å²) in [6.07, 6.45) is 1.50. The van der Waals surface area contributed by atoms with Gasteiger partial charge in [0.2, 0.25) is 0 Å². The Bertz CT molecular complexity index is 632. The first-order valence-electron chi connectivity index (χ1n) is 6.36. The van der Waals surface area contributed by atoms with Crippen molar-refractivity contribution in [2.75, 3.05) is 14.2 Å². The van der Waals surface area contributed by atoms with E-state index in [-0.39, 0.29) is 17.7 Å². The molecule has 2 aromatic heterocycles. The van der Waals surface area contributed by atoms with Crippen LogP contribution in [0.15, 0.2) is 23.7 Å². The summed E-state index contributed by atoms with van der Waals surface area (Å²) in [7, 11) is 3.34. The van der Waals surface area contributed by atoms with Crippen LogP contribution in [0.4, 0.5) is 0 Å². The van der Waals surface area contributed by atoms with Crippen LogP contribution in [-0.2, 0) is 11.3 Å². The number of hydrogen-bond acceptors (Lipinski definition) is 5. The monoisotopic (exact) mass is 325 g/mol. The maximum Gasteiger partial charge on any atom is 0.274 e. The van der Waals surface area contributed by atoms with E-state index in [1.54, 1.807) is 37.4 Å². The first-order chi connectivity index (χ1) is 10.0. The summed E-state index contributed by atoms with van der Waals surface area (Å²) in [4.78, 5) is 22.3. The highest BCUT2D eigenvalue weighted by molar-refractivity contribution is 7.09. The summed E-state index contributed by atoms with van der Waals surface area (Å²) < 4.78 is 5.23. The van der Waals surface area contributed by atoms with Gasteiger partial charge in [-0.15, -0.1) is 11.3 Å². The molecule has 0 aliphatic rings. The molecule has 2 heterocycles. The van der Waals surface area contributed by atoms with Gasteiger partial charge in [0.1, 0.15) is 16.8 Å². The quantitative estimate of drug-likeness (QED) is 0.847. The Kier molecular flexibility index (Phi) is 5.27. The number of thiazole rings is 1. The van der Waals surface area contributed by atoms with Crippen LogP contribution in [0, 0.1) is 0 Å². The number of rotatable bonds is 5. The highest BCUT2D eigenvalue weighted by atomic mass is 35.5. The second-order valence-electron chi connectivity index (χ2n) is 4.55. The Morgan fingerprint density at radius 1 is 1.57 bits per heavy atom. The number of nitrogens with zero attached hydrogens (tertiary/aromatic N) is 3. The Hall–Kier alpha value is -1.50. The number of methoxy groups -OCH3 is 1. The van der Waals surface area contributed by atoms with E-state index in [2.05, 4.69) is 9.97 Å². The minimum atomic E-state index is -0.227. The molecule has 0 aliphatic heterocycles. The standard InChI is InChI=1S/C14H16ClN3O2S/c1-9(20-3)13-17-10(8-21-13)7-18(2)14(19)12-11(15)5-4-6-16-12/h4-6,8-9H,7H2,1-3H3. The van der Waals surface area contributed by atoms with Crippen molar-refractivity contribution in [3.05, 3.63) is 45.1 Å². The molecule has 0 bridgehead atoms. The number of amides is 1. The molecular weight excluding hydrogens is 310 g/mol. The number of aromatic nitrogens is 2. The van der Waals surface area contributed by atoms with Gasteiger partial charge in [-0.25, -0.2) is 9.97 Å². The number of ether oxygens (including phenoxy) is 1. The number of hydrogen-bond donors (Lipinski definition) is 0. The summed E-state index contributed by atoms with van der Waals surface area (Å²) in [5.41, 5.74) is 1.07. The predicted octanol–water partition coefficient (Wildman–Crippen LogP) is 3.17. The van der Waals surface area contributed by atoms with Gasteiger partial charge in [0.15, 0.2) is 0 Å². The maximum absolute atomic E-state index is 12.3. The third kappa shape index (κ3) is 3.78. The predicted molar refractivity (Wildman–Crippen MR) is 82.6 cm³/mol. The zero-order valence-electron chi connectivity index (χ0n) is 12.0. The van der Waals surface area contributed by atoms with E-state index in [0.717, 1.165) is 10.7 Å². The lowest BCUT2D eigenvalue weighted by Crippen LogP contribution is -2.27. The highest BCUT2D eigenvalue weighted by Gasteiger charge is 2.18. The van der Waals surface area contributed by atoms with Crippen LogP contribution in [0.3, 0.4) is 0 Å². The summed E-state index contributed by atoms with van der Waals surface area (Å²) in [5.74, 6) is -0.227. The maximum atomic E-state index is 12.3. The second-order valence-corrected chi connectivity index (χ2v) is 5.85. The van der Waals surface area contributed by atoms with Gasteiger partial charge in [-0.2, -0.15) is 0 Å². The van der Waals surface area contributed by atoms with Crippen LogP contribution in [0.25, 0.3) is 0 Å². The number of carbonyl (C=O) groups is 1. The molecule has 2 rings (SSSR count). The fraction of sp³-hybridized carbons (Fsp3) is 0.357. The van der Waals surface area contributed by atoms with Crippen molar-refractivity contribution >= 4 is 28.8 Å². The van der Waals surface area contributed by atoms with E-state index < -0.39 is 0 Å². The van der Waals surface area contributed by atoms with Crippen molar-refractivity contribution in [2.24, 2.45) is 0 Å². The second kappa shape index (κ2) is 6.98. The molecule has 1 amide bonds. The van der Waals surface area contributed by atoms with Crippen LogP contribution < -0.4 is 0 Å². The van der Waals surface area contributed by atoms with Crippen LogP contribution in [0.5, 0.6) is 0 Å². The topological polar surface area (TPSA) is 55.3 Å².